The van der Waals surface area contributed by atoms with Crippen molar-refractivity contribution in [2.24, 2.45) is 0 Å². The maximum Gasteiger partial charge on any atom is 0.167 e. The third-order valence-electron chi connectivity index (χ3n) is 2.65. The van der Waals surface area contributed by atoms with Gasteiger partial charge in [0.05, 0.1) is 12.3 Å². The largest absolute Gasteiger partial charge is 0.491 e. The molecule has 20 heavy (non-hydrogen) atoms. The van der Waals surface area contributed by atoms with Crippen LogP contribution in [-0.2, 0) is 6.61 Å². The third-order valence-corrected chi connectivity index (χ3v) is 3.14. The van der Waals surface area contributed by atoms with Crippen LogP contribution in [0.15, 0.2) is 40.9 Å². The molecule has 0 atom stereocenters. The molecular weight excluding hydrogens is 325 g/mol. The molecule has 0 aromatic heterocycles. The minimum Gasteiger partial charge on any atom is -0.491 e. The van der Waals surface area contributed by atoms with Crippen molar-refractivity contribution in [1.29, 1.82) is 0 Å². The summed E-state index contributed by atoms with van der Waals surface area (Å²) >= 11 is 3.39. The van der Waals surface area contributed by atoms with E-state index < -0.39 is 5.82 Å². The normalized spacial score (nSPS) is 10.3. The summed E-state index contributed by atoms with van der Waals surface area (Å²) in [7, 11) is 0. The molecule has 0 heterocycles. The van der Waals surface area contributed by atoms with Crippen molar-refractivity contribution in [3.8, 4) is 11.5 Å². The molecule has 106 valence electrons. The zero-order chi connectivity index (χ0) is 14.5. The Labute approximate surface area is 125 Å². The number of rotatable bonds is 5. The van der Waals surface area contributed by atoms with Gasteiger partial charge in [-0.25, -0.2) is 4.39 Å². The summed E-state index contributed by atoms with van der Waals surface area (Å²) < 4.78 is 25.4. The van der Waals surface area contributed by atoms with Gasteiger partial charge in [0, 0.05) is 16.6 Å². The Balaban J connectivity index is 2.14. The Hall–Kier alpha value is -1.75. The Bertz CT molecular complexity index is 604. The van der Waals surface area contributed by atoms with E-state index in [0.29, 0.717) is 19.0 Å². The fourth-order valence-electron chi connectivity index (χ4n) is 1.73. The fourth-order valence-corrected chi connectivity index (χ4v) is 2.18. The van der Waals surface area contributed by atoms with Crippen molar-refractivity contribution in [3.63, 3.8) is 0 Å². The Morgan fingerprint density at radius 2 is 1.95 bits per heavy atom. The number of halogens is 2. The van der Waals surface area contributed by atoms with Crippen molar-refractivity contribution in [2.45, 2.75) is 13.5 Å². The highest BCUT2D eigenvalue weighted by molar-refractivity contribution is 9.10. The van der Waals surface area contributed by atoms with E-state index in [1.165, 1.54) is 12.1 Å². The van der Waals surface area contributed by atoms with Gasteiger partial charge in [-0.3, -0.25) is 0 Å². The lowest BCUT2D eigenvalue weighted by Crippen LogP contribution is -2.02. The second-order valence-electron chi connectivity index (χ2n) is 4.17. The predicted octanol–water partition coefficient (Wildman–Crippen LogP) is 4.15. The van der Waals surface area contributed by atoms with Gasteiger partial charge < -0.3 is 15.2 Å². The van der Waals surface area contributed by atoms with E-state index in [0.717, 1.165) is 10.0 Å². The maximum absolute atomic E-state index is 13.6. The van der Waals surface area contributed by atoms with E-state index in [1.807, 2.05) is 24.3 Å². The SMILES string of the molecule is CCOc1cc(OCc2cccc(Br)c2)c(N)cc1F. The van der Waals surface area contributed by atoms with E-state index >= 15 is 0 Å². The highest BCUT2D eigenvalue weighted by atomic mass is 79.9. The zero-order valence-electron chi connectivity index (χ0n) is 11.0. The van der Waals surface area contributed by atoms with Crippen LogP contribution in [-0.4, -0.2) is 6.61 Å². The number of hydrogen-bond donors (Lipinski definition) is 1. The lowest BCUT2D eigenvalue weighted by Gasteiger charge is -2.12. The Morgan fingerprint density at radius 1 is 1.15 bits per heavy atom. The Morgan fingerprint density at radius 3 is 2.65 bits per heavy atom. The van der Waals surface area contributed by atoms with E-state index in [9.17, 15) is 4.39 Å². The number of nitrogen functional groups attached to an aromatic ring is 1. The summed E-state index contributed by atoms with van der Waals surface area (Å²) in [6.07, 6.45) is 0. The molecule has 0 radical (unpaired) electrons. The first-order valence-electron chi connectivity index (χ1n) is 6.19. The minimum atomic E-state index is -0.487. The van der Waals surface area contributed by atoms with Gasteiger partial charge in [-0.2, -0.15) is 0 Å². The third kappa shape index (κ3) is 3.63. The van der Waals surface area contributed by atoms with Crippen LogP contribution in [0.3, 0.4) is 0 Å². The smallest absolute Gasteiger partial charge is 0.167 e. The molecule has 0 aliphatic heterocycles. The molecule has 3 nitrogen and oxygen atoms in total. The molecule has 0 unspecified atom stereocenters. The molecule has 0 saturated carbocycles. The topological polar surface area (TPSA) is 44.5 Å². The number of benzene rings is 2. The van der Waals surface area contributed by atoms with Crippen molar-refractivity contribution in [1.82, 2.24) is 0 Å². The predicted molar refractivity (Wildman–Crippen MR) is 80.5 cm³/mol. The number of ether oxygens (including phenoxy) is 2. The molecule has 0 fully saturated rings. The van der Waals surface area contributed by atoms with Crippen molar-refractivity contribution in [2.75, 3.05) is 12.3 Å². The molecule has 0 amide bonds. The highest BCUT2D eigenvalue weighted by Crippen LogP contribution is 2.30. The van der Waals surface area contributed by atoms with Gasteiger partial charge in [0.15, 0.2) is 11.6 Å². The molecule has 0 aliphatic carbocycles. The van der Waals surface area contributed by atoms with E-state index in [-0.39, 0.29) is 11.4 Å². The van der Waals surface area contributed by atoms with Gasteiger partial charge in [-0.05, 0) is 24.6 Å². The van der Waals surface area contributed by atoms with Gasteiger partial charge in [0.25, 0.3) is 0 Å². The lowest BCUT2D eigenvalue weighted by atomic mass is 10.2. The van der Waals surface area contributed by atoms with Crippen LogP contribution in [0.1, 0.15) is 12.5 Å². The highest BCUT2D eigenvalue weighted by Gasteiger charge is 2.10. The molecule has 0 saturated heterocycles. The van der Waals surface area contributed by atoms with Gasteiger partial charge in [0.1, 0.15) is 12.4 Å². The van der Waals surface area contributed by atoms with Crippen LogP contribution in [0.4, 0.5) is 10.1 Å². The van der Waals surface area contributed by atoms with Crippen LogP contribution in [0.5, 0.6) is 11.5 Å². The number of nitrogens with two attached hydrogens (primary N) is 1. The molecule has 0 bridgehead atoms. The molecule has 2 N–H and O–H groups in total. The summed E-state index contributed by atoms with van der Waals surface area (Å²) in [5.41, 5.74) is 6.99. The Kier molecular flexibility index (Phi) is 4.84. The van der Waals surface area contributed by atoms with Gasteiger partial charge in [0.2, 0.25) is 0 Å². The zero-order valence-corrected chi connectivity index (χ0v) is 12.6. The molecule has 0 aliphatic rings. The minimum absolute atomic E-state index is 0.144. The van der Waals surface area contributed by atoms with Crippen molar-refractivity contribution in [3.05, 3.63) is 52.3 Å². The van der Waals surface area contributed by atoms with Crippen LogP contribution < -0.4 is 15.2 Å². The van der Waals surface area contributed by atoms with Crippen LogP contribution in [0.25, 0.3) is 0 Å². The summed E-state index contributed by atoms with van der Waals surface area (Å²) in [4.78, 5) is 0. The first-order chi connectivity index (χ1) is 9.60. The first kappa shape index (κ1) is 14.7. The standard InChI is InChI=1S/C15H15BrFNO2/c1-2-19-14-8-15(13(18)7-12(14)17)20-9-10-4-3-5-11(16)6-10/h3-8H,2,9,18H2,1H3. The summed E-state index contributed by atoms with van der Waals surface area (Å²) in [5.74, 6) is 0.0694. The maximum atomic E-state index is 13.6. The second-order valence-corrected chi connectivity index (χ2v) is 5.09. The first-order valence-corrected chi connectivity index (χ1v) is 6.98. The molecule has 2 rings (SSSR count). The molecule has 5 heteroatoms. The van der Waals surface area contributed by atoms with E-state index in [2.05, 4.69) is 15.9 Å². The lowest BCUT2D eigenvalue weighted by molar-refractivity contribution is 0.295. The van der Waals surface area contributed by atoms with Crippen LogP contribution >= 0.6 is 15.9 Å². The van der Waals surface area contributed by atoms with Crippen molar-refractivity contribution >= 4 is 21.6 Å². The summed E-state index contributed by atoms with van der Waals surface area (Å²) in [6, 6.07) is 10.4. The van der Waals surface area contributed by atoms with Crippen LogP contribution in [0.2, 0.25) is 0 Å². The van der Waals surface area contributed by atoms with E-state index in [4.69, 9.17) is 15.2 Å². The van der Waals surface area contributed by atoms with Gasteiger partial charge >= 0.3 is 0 Å². The fraction of sp³-hybridized carbons (Fsp3) is 0.200. The van der Waals surface area contributed by atoms with Gasteiger partial charge in [-0.1, -0.05) is 28.1 Å². The average Bonchev–Trinajstić information content (AvgIpc) is 2.41. The molecular formula is C15H15BrFNO2. The second kappa shape index (κ2) is 6.61. The monoisotopic (exact) mass is 339 g/mol. The summed E-state index contributed by atoms with van der Waals surface area (Å²) in [6.45, 7) is 2.52. The van der Waals surface area contributed by atoms with Crippen molar-refractivity contribution < 1.29 is 13.9 Å². The molecule has 0 spiro atoms. The summed E-state index contributed by atoms with van der Waals surface area (Å²) in [5, 5.41) is 0. The quantitative estimate of drug-likeness (QED) is 0.832. The van der Waals surface area contributed by atoms with E-state index in [1.54, 1.807) is 6.92 Å². The van der Waals surface area contributed by atoms with Crippen LogP contribution in [0, 0.1) is 5.82 Å². The number of anilines is 1. The van der Waals surface area contributed by atoms with Gasteiger partial charge in [-0.15, -0.1) is 0 Å². The average molecular weight is 340 g/mol. The number of hydrogen-bond acceptors (Lipinski definition) is 3. The molecule has 2 aromatic carbocycles. The molecule has 2 aromatic rings.